The van der Waals surface area contributed by atoms with Gasteiger partial charge in [0, 0.05) is 13.1 Å². The summed E-state index contributed by atoms with van der Waals surface area (Å²) >= 11 is 0. The van der Waals surface area contributed by atoms with Crippen molar-refractivity contribution in [3.8, 4) is 0 Å². The number of sulfonamides is 1. The summed E-state index contributed by atoms with van der Waals surface area (Å²) in [5.74, 6) is 0. The lowest BCUT2D eigenvalue weighted by Crippen LogP contribution is -2.32. The van der Waals surface area contributed by atoms with Gasteiger partial charge in [0.2, 0.25) is 10.0 Å². The molecule has 0 atom stereocenters. The van der Waals surface area contributed by atoms with Gasteiger partial charge in [0.15, 0.2) is 0 Å². The van der Waals surface area contributed by atoms with Crippen molar-refractivity contribution in [3.63, 3.8) is 0 Å². The van der Waals surface area contributed by atoms with E-state index in [4.69, 9.17) is 0 Å². The smallest absolute Gasteiger partial charge is 0.207 e. The second kappa shape index (κ2) is 6.16. The minimum atomic E-state index is -3.38. The number of aryl methyl sites for hydroxylation is 1. The van der Waals surface area contributed by atoms with E-state index in [-0.39, 0.29) is 0 Å². The van der Waals surface area contributed by atoms with E-state index < -0.39 is 10.0 Å². The van der Waals surface area contributed by atoms with Gasteiger partial charge in [0.05, 0.1) is 4.90 Å². The molecule has 0 aliphatic heterocycles. The third-order valence-corrected chi connectivity index (χ3v) is 4.87. The normalized spacial score (nSPS) is 13.1. The van der Waals surface area contributed by atoms with Gasteiger partial charge in [-0.15, -0.1) is 0 Å². The van der Waals surface area contributed by atoms with E-state index in [9.17, 15) is 8.42 Å². The van der Waals surface area contributed by atoms with E-state index in [1.165, 1.54) is 4.31 Å². The predicted octanol–water partition coefficient (Wildman–Crippen LogP) is 2.97. The molecule has 0 saturated heterocycles. The Labute approximate surface area is 110 Å². The Bertz CT molecular complexity index is 515. The molecule has 0 N–H and O–H groups in total. The minimum absolute atomic E-state index is 0.360. The van der Waals surface area contributed by atoms with E-state index in [1.54, 1.807) is 12.1 Å². The number of hydrogen-bond donors (Lipinski definition) is 0. The molecule has 0 amide bonds. The molecule has 0 aliphatic carbocycles. The monoisotopic (exact) mass is 267 g/mol. The van der Waals surface area contributed by atoms with Gasteiger partial charge in [0.1, 0.15) is 0 Å². The van der Waals surface area contributed by atoms with Crippen molar-refractivity contribution < 1.29 is 8.42 Å². The van der Waals surface area contributed by atoms with Gasteiger partial charge in [-0.05, 0) is 32.9 Å². The van der Waals surface area contributed by atoms with Crippen molar-refractivity contribution in [3.05, 3.63) is 41.5 Å². The van der Waals surface area contributed by atoms with E-state index in [1.807, 2.05) is 45.9 Å². The molecule has 0 aromatic heterocycles. The standard InChI is InChI=1S/C14H21NO2S/c1-5-12(3)11-15(6-2)18(16,17)14-9-7-13(4)8-10-14/h5,7-10H,6,11H2,1-4H3/b12-5+. The number of rotatable bonds is 5. The van der Waals surface area contributed by atoms with Crippen LogP contribution >= 0.6 is 0 Å². The Hall–Kier alpha value is -1.13. The lowest BCUT2D eigenvalue weighted by atomic mass is 10.2. The molecule has 0 heterocycles. The van der Waals surface area contributed by atoms with Crippen LogP contribution in [0, 0.1) is 6.92 Å². The SMILES string of the molecule is C/C=C(\C)CN(CC)S(=O)(=O)c1ccc(C)cc1. The molecule has 18 heavy (non-hydrogen) atoms. The van der Waals surface area contributed by atoms with Crippen LogP contribution in [0.3, 0.4) is 0 Å². The molecule has 0 radical (unpaired) electrons. The average molecular weight is 267 g/mol. The molecule has 0 fully saturated rings. The zero-order chi connectivity index (χ0) is 13.8. The van der Waals surface area contributed by atoms with Crippen LogP contribution in [-0.2, 0) is 10.0 Å². The Morgan fingerprint density at radius 2 is 1.83 bits per heavy atom. The first kappa shape index (κ1) is 14.9. The van der Waals surface area contributed by atoms with Crippen LogP contribution in [0.4, 0.5) is 0 Å². The first-order valence-electron chi connectivity index (χ1n) is 6.10. The van der Waals surface area contributed by atoms with Gasteiger partial charge in [0.25, 0.3) is 0 Å². The summed E-state index contributed by atoms with van der Waals surface area (Å²) in [4.78, 5) is 0.360. The average Bonchev–Trinajstić information content (AvgIpc) is 2.35. The molecule has 3 nitrogen and oxygen atoms in total. The molecule has 1 aromatic rings. The number of allylic oxidation sites excluding steroid dienone is 1. The zero-order valence-electron chi connectivity index (χ0n) is 11.5. The van der Waals surface area contributed by atoms with Crippen LogP contribution < -0.4 is 0 Å². The van der Waals surface area contributed by atoms with Gasteiger partial charge in [-0.2, -0.15) is 4.31 Å². The Morgan fingerprint density at radius 1 is 1.28 bits per heavy atom. The maximum Gasteiger partial charge on any atom is 0.243 e. The molecule has 4 heteroatoms. The molecule has 0 spiro atoms. The summed E-state index contributed by atoms with van der Waals surface area (Å²) in [5, 5.41) is 0. The molecule has 1 rings (SSSR count). The van der Waals surface area contributed by atoms with Gasteiger partial charge in [-0.25, -0.2) is 8.42 Å². The number of nitrogens with zero attached hydrogens (tertiary/aromatic N) is 1. The highest BCUT2D eigenvalue weighted by Crippen LogP contribution is 2.17. The lowest BCUT2D eigenvalue weighted by Gasteiger charge is -2.20. The highest BCUT2D eigenvalue weighted by atomic mass is 32.2. The molecule has 0 bridgehead atoms. The molecule has 0 saturated carbocycles. The number of likely N-dealkylation sites (N-methyl/N-ethyl adjacent to an activating group) is 1. The predicted molar refractivity (Wildman–Crippen MR) is 75.0 cm³/mol. The van der Waals surface area contributed by atoms with Crippen LogP contribution in [0.5, 0.6) is 0 Å². The van der Waals surface area contributed by atoms with Gasteiger partial charge in [-0.1, -0.05) is 36.3 Å². The van der Waals surface area contributed by atoms with Crippen LogP contribution in [0.1, 0.15) is 26.3 Å². The van der Waals surface area contributed by atoms with Crippen molar-refractivity contribution in [2.24, 2.45) is 0 Å². The summed E-state index contributed by atoms with van der Waals surface area (Å²) in [7, 11) is -3.38. The molecule has 1 aromatic carbocycles. The van der Waals surface area contributed by atoms with E-state index in [0.717, 1.165) is 11.1 Å². The van der Waals surface area contributed by atoms with Crippen molar-refractivity contribution >= 4 is 10.0 Å². The Morgan fingerprint density at radius 3 is 2.28 bits per heavy atom. The summed E-state index contributed by atoms with van der Waals surface area (Å²) in [6.07, 6.45) is 1.94. The highest BCUT2D eigenvalue weighted by Gasteiger charge is 2.22. The Balaban J connectivity index is 3.07. The maximum atomic E-state index is 12.4. The van der Waals surface area contributed by atoms with Gasteiger partial charge < -0.3 is 0 Å². The fourth-order valence-corrected chi connectivity index (χ4v) is 3.09. The summed E-state index contributed by atoms with van der Waals surface area (Å²) < 4.78 is 26.3. The topological polar surface area (TPSA) is 37.4 Å². The fourth-order valence-electron chi connectivity index (χ4n) is 1.60. The minimum Gasteiger partial charge on any atom is -0.207 e. The van der Waals surface area contributed by atoms with Gasteiger partial charge in [-0.3, -0.25) is 0 Å². The third kappa shape index (κ3) is 3.43. The van der Waals surface area contributed by atoms with Crippen molar-refractivity contribution in [2.45, 2.75) is 32.6 Å². The molecule has 0 aliphatic rings. The van der Waals surface area contributed by atoms with Crippen molar-refractivity contribution in [2.75, 3.05) is 13.1 Å². The van der Waals surface area contributed by atoms with Crippen LogP contribution in [0.15, 0.2) is 40.8 Å². The first-order valence-corrected chi connectivity index (χ1v) is 7.54. The van der Waals surface area contributed by atoms with E-state index in [0.29, 0.717) is 18.0 Å². The second-order valence-corrected chi connectivity index (χ2v) is 6.32. The summed E-state index contributed by atoms with van der Waals surface area (Å²) in [6.45, 7) is 8.58. The molecular weight excluding hydrogens is 246 g/mol. The highest BCUT2D eigenvalue weighted by molar-refractivity contribution is 7.89. The summed E-state index contributed by atoms with van der Waals surface area (Å²) in [6, 6.07) is 6.98. The third-order valence-electron chi connectivity index (χ3n) is 2.93. The lowest BCUT2D eigenvalue weighted by molar-refractivity contribution is 0.452. The number of benzene rings is 1. The van der Waals surface area contributed by atoms with Crippen LogP contribution in [0.25, 0.3) is 0 Å². The number of hydrogen-bond acceptors (Lipinski definition) is 2. The summed E-state index contributed by atoms with van der Waals surface area (Å²) in [5.41, 5.74) is 2.11. The fraction of sp³-hybridized carbons (Fsp3) is 0.429. The largest absolute Gasteiger partial charge is 0.243 e. The van der Waals surface area contributed by atoms with E-state index >= 15 is 0 Å². The molecule has 0 unspecified atom stereocenters. The quantitative estimate of drug-likeness (QED) is 0.769. The molecule has 100 valence electrons. The van der Waals surface area contributed by atoms with Gasteiger partial charge >= 0.3 is 0 Å². The van der Waals surface area contributed by atoms with Crippen molar-refractivity contribution in [1.82, 2.24) is 4.31 Å². The zero-order valence-corrected chi connectivity index (χ0v) is 12.3. The maximum absolute atomic E-state index is 12.4. The van der Waals surface area contributed by atoms with Crippen molar-refractivity contribution in [1.29, 1.82) is 0 Å². The first-order chi connectivity index (χ1) is 8.41. The van der Waals surface area contributed by atoms with Crippen LogP contribution in [0.2, 0.25) is 0 Å². The van der Waals surface area contributed by atoms with Crippen LogP contribution in [-0.4, -0.2) is 25.8 Å². The molecular formula is C14H21NO2S. The van der Waals surface area contributed by atoms with E-state index in [2.05, 4.69) is 0 Å². The Kier molecular flexibility index (Phi) is 5.11. The second-order valence-electron chi connectivity index (χ2n) is 4.38.